The molecule has 21 heavy (non-hydrogen) atoms. The Hall–Kier alpha value is -1.42. The number of hydrogen-bond donors (Lipinski definition) is 2. The van der Waals surface area contributed by atoms with Gasteiger partial charge in [-0.15, -0.1) is 11.3 Å². The number of nitrogens with zero attached hydrogens (tertiary/aromatic N) is 1. The number of aryl methyl sites for hydroxylation is 1. The summed E-state index contributed by atoms with van der Waals surface area (Å²) >= 11 is 1.57. The number of rotatable bonds is 6. The molecular formula is C15H22N3O2S+. The first kappa shape index (κ1) is 16.0. The third-order valence-corrected chi connectivity index (χ3v) is 4.88. The van der Waals surface area contributed by atoms with Crippen LogP contribution in [-0.2, 0) is 22.4 Å². The van der Waals surface area contributed by atoms with Gasteiger partial charge in [-0.1, -0.05) is 0 Å². The molecule has 0 aliphatic heterocycles. The maximum atomic E-state index is 12.0. The molecule has 0 aromatic carbocycles. The number of carbonyl (C=O) groups is 1. The van der Waals surface area contributed by atoms with Crippen molar-refractivity contribution in [3.05, 3.63) is 16.0 Å². The van der Waals surface area contributed by atoms with Crippen molar-refractivity contribution in [2.75, 3.05) is 25.6 Å². The second kappa shape index (κ2) is 7.55. The van der Waals surface area contributed by atoms with E-state index >= 15 is 0 Å². The Morgan fingerprint density at radius 2 is 2.29 bits per heavy atom. The van der Waals surface area contributed by atoms with Gasteiger partial charge in [0.05, 0.1) is 12.2 Å². The molecule has 1 aliphatic rings. The first-order valence-electron chi connectivity index (χ1n) is 7.32. The molecule has 0 saturated heterocycles. The first-order chi connectivity index (χ1) is 10.2. The lowest BCUT2D eigenvalue weighted by Crippen LogP contribution is -2.92. The van der Waals surface area contributed by atoms with E-state index in [2.05, 4.69) is 11.4 Å². The fourth-order valence-corrected chi connectivity index (χ4v) is 3.84. The molecule has 0 saturated carbocycles. The van der Waals surface area contributed by atoms with Gasteiger partial charge in [-0.2, -0.15) is 5.26 Å². The predicted octanol–water partition coefficient (Wildman–Crippen LogP) is 1.04. The molecule has 114 valence electrons. The minimum atomic E-state index is -0.0620. The van der Waals surface area contributed by atoms with Crippen LogP contribution in [0.15, 0.2) is 0 Å². The Morgan fingerprint density at radius 3 is 3.00 bits per heavy atom. The molecule has 1 aliphatic carbocycles. The van der Waals surface area contributed by atoms with E-state index in [0.717, 1.165) is 29.8 Å². The van der Waals surface area contributed by atoms with Gasteiger partial charge in [0.15, 0.2) is 6.54 Å². The molecule has 0 radical (unpaired) electrons. The number of methoxy groups -OCH3 is 1. The molecule has 5 nitrogen and oxygen atoms in total. The summed E-state index contributed by atoms with van der Waals surface area (Å²) in [4.78, 5) is 13.3. The number of carbonyl (C=O) groups excluding carboxylic acids is 1. The zero-order valence-corrected chi connectivity index (χ0v) is 13.4. The molecule has 1 aromatic heterocycles. The lowest BCUT2D eigenvalue weighted by molar-refractivity contribution is -0.677. The monoisotopic (exact) mass is 308 g/mol. The van der Waals surface area contributed by atoms with Crippen LogP contribution >= 0.6 is 11.3 Å². The van der Waals surface area contributed by atoms with Crippen LogP contribution in [0.1, 0.15) is 35.8 Å². The van der Waals surface area contributed by atoms with Crippen LogP contribution in [0.5, 0.6) is 0 Å². The van der Waals surface area contributed by atoms with Crippen molar-refractivity contribution >= 4 is 22.2 Å². The average Bonchev–Trinajstić information content (AvgIpc) is 2.82. The lowest BCUT2D eigenvalue weighted by atomic mass is 9.96. The summed E-state index contributed by atoms with van der Waals surface area (Å²) in [7, 11) is 1.65. The van der Waals surface area contributed by atoms with Crippen molar-refractivity contribution in [3.8, 4) is 6.07 Å². The second-order valence-electron chi connectivity index (χ2n) is 5.45. The number of nitrogens with two attached hydrogens (primary N) is 1. The Bertz CT molecular complexity index is 548. The molecule has 6 heteroatoms. The Kier molecular flexibility index (Phi) is 5.74. The molecule has 1 atom stereocenters. The van der Waals surface area contributed by atoms with Crippen LogP contribution in [0.4, 0.5) is 5.00 Å². The zero-order valence-electron chi connectivity index (χ0n) is 12.6. The summed E-state index contributed by atoms with van der Waals surface area (Å²) in [6, 6.07) is 2.50. The quantitative estimate of drug-likeness (QED) is 0.824. The van der Waals surface area contributed by atoms with Crippen molar-refractivity contribution in [1.82, 2.24) is 0 Å². The fraction of sp³-hybridized carbons (Fsp3) is 0.600. The SMILES string of the molecule is COC[C@H](C)[NH2+]CC(=O)Nc1sc2c(c1C#N)CCCC2. The van der Waals surface area contributed by atoms with E-state index in [9.17, 15) is 10.1 Å². The molecule has 1 amide bonds. The molecule has 0 spiro atoms. The number of ether oxygens (including phenoxy) is 1. The molecular weight excluding hydrogens is 286 g/mol. The van der Waals surface area contributed by atoms with E-state index in [-0.39, 0.29) is 11.9 Å². The van der Waals surface area contributed by atoms with Gasteiger partial charge in [-0.3, -0.25) is 4.79 Å². The molecule has 0 unspecified atom stereocenters. The number of thiophene rings is 1. The predicted molar refractivity (Wildman–Crippen MR) is 82.4 cm³/mol. The minimum Gasteiger partial charge on any atom is -0.379 e. The minimum absolute atomic E-state index is 0.0620. The van der Waals surface area contributed by atoms with Crippen LogP contribution in [0.25, 0.3) is 0 Å². The summed E-state index contributed by atoms with van der Waals surface area (Å²) in [5.41, 5.74) is 1.83. The van der Waals surface area contributed by atoms with Crippen LogP contribution in [0.3, 0.4) is 0 Å². The molecule has 1 heterocycles. The normalized spacial score (nSPS) is 15.1. The van der Waals surface area contributed by atoms with Gasteiger partial charge in [0.25, 0.3) is 5.91 Å². The average molecular weight is 308 g/mol. The first-order valence-corrected chi connectivity index (χ1v) is 8.14. The van der Waals surface area contributed by atoms with Gasteiger partial charge < -0.3 is 15.4 Å². The second-order valence-corrected chi connectivity index (χ2v) is 6.55. The zero-order chi connectivity index (χ0) is 15.2. The highest BCUT2D eigenvalue weighted by molar-refractivity contribution is 7.16. The smallest absolute Gasteiger partial charge is 0.280 e. The highest BCUT2D eigenvalue weighted by atomic mass is 32.1. The number of nitrogens with one attached hydrogen (secondary N) is 1. The largest absolute Gasteiger partial charge is 0.379 e. The van der Waals surface area contributed by atoms with Crippen molar-refractivity contribution in [1.29, 1.82) is 5.26 Å². The van der Waals surface area contributed by atoms with Gasteiger partial charge in [0.2, 0.25) is 0 Å². The van der Waals surface area contributed by atoms with Gasteiger partial charge in [0.1, 0.15) is 17.1 Å². The third kappa shape index (κ3) is 4.03. The number of amides is 1. The van der Waals surface area contributed by atoms with E-state index in [0.29, 0.717) is 18.7 Å². The van der Waals surface area contributed by atoms with E-state index in [4.69, 9.17) is 4.74 Å². The molecule has 0 fully saturated rings. The van der Waals surface area contributed by atoms with E-state index in [1.165, 1.54) is 11.3 Å². The number of anilines is 1. The molecule has 0 bridgehead atoms. The number of nitriles is 1. The van der Waals surface area contributed by atoms with Crippen molar-refractivity contribution in [3.63, 3.8) is 0 Å². The van der Waals surface area contributed by atoms with Crippen molar-refractivity contribution in [2.45, 2.75) is 38.6 Å². The van der Waals surface area contributed by atoms with E-state index < -0.39 is 0 Å². The van der Waals surface area contributed by atoms with Gasteiger partial charge in [-0.25, -0.2) is 0 Å². The van der Waals surface area contributed by atoms with Gasteiger partial charge >= 0.3 is 0 Å². The van der Waals surface area contributed by atoms with Gasteiger partial charge in [0, 0.05) is 12.0 Å². The standard InChI is InChI=1S/C15H21N3O2S/c1-10(9-20-2)17-8-14(19)18-15-12(7-16)11-5-3-4-6-13(11)21-15/h10,17H,3-6,8-9H2,1-2H3,(H,18,19)/p+1/t10-/m0/s1. The molecule has 2 rings (SSSR count). The third-order valence-electron chi connectivity index (χ3n) is 3.67. The molecule has 1 aromatic rings. The Morgan fingerprint density at radius 1 is 1.52 bits per heavy atom. The van der Waals surface area contributed by atoms with E-state index in [1.54, 1.807) is 18.4 Å². The van der Waals surface area contributed by atoms with Crippen molar-refractivity contribution in [2.24, 2.45) is 0 Å². The maximum absolute atomic E-state index is 12.0. The number of quaternary nitrogens is 1. The summed E-state index contributed by atoms with van der Waals surface area (Å²) in [6.07, 6.45) is 4.30. The van der Waals surface area contributed by atoms with Crippen LogP contribution < -0.4 is 10.6 Å². The van der Waals surface area contributed by atoms with Crippen molar-refractivity contribution < 1.29 is 14.8 Å². The maximum Gasteiger partial charge on any atom is 0.280 e. The number of hydrogen-bond acceptors (Lipinski definition) is 4. The van der Waals surface area contributed by atoms with Gasteiger partial charge in [-0.05, 0) is 38.2 Å². The Labute approximate surface area is 129 Å². The lowest BCUT2D eigenvalue weighted by Gasteiger charge is -2.09. The fourth-order valence-electron chi connectivity index (χ4n) is 2.59. The van der Waals surface area contributed by atoms with Crippen LogP contribution in [0, 0.1) is 11.3 Å². The summed E-state index contributed by atoms with van der Waals surface area (Å²) in [6.45, 7) is 2.98. The summed E-state index contributed by atoms with van der Waals surface area (Å²) in [5.74, 6) is -0.0620. The molecule has 3 N–H and O–H groups in total. The Balaban J connectivity index is 1.98. The topological polar surface area (TPSA) is 78.7 Å². The highest BCUT2D eigenvalue weighted by Crippen LogP contribution is 2.37. The number of fused-ring (bicyclic) bond motifs is 1. The summed E-state index contributed by atoms with van der Waals surface area (Å²) in [5, 5.41) is 14.9. The van der Waals surface area contributed by atoms with Crippen LogP contribution in [0.2, 0.25) is 0 Å². The van der Waals surface area contributed by atoms with E-state index in [1.807, 2.05) is 12.2 Å². The summed E-state index contributed by atoms with van der Waals surface area (Å²) < 4.78 is 5.04. The highest BCUT2D eigenvalue weighted by Gasteiger charge is 2.22. The van der Waals surface area contributed by atoms with Crippen LogP contribution in [-0.4, -0.2) is 32.2 Å².